The molecule has 1 aliphatic rings. The standard InChI is InChI=1S/C28H34N2O3S/c1-18-13-15-30(16-14-18)26(22-11-12-23(32-4)24(17-22)33-5)25-19(2)20(3)34-28(25)29-27(31)21-9-7-6-8-10-21/h6-12,17-18,26H,13-16H2,1-5H3,(H,29,31)/p+1/t26-/m1/s1. The van der Waals surface area contributed by atoms with Gasteiger partial charge in [0, 0.05) is 16.0 Å². The maximum Gasteiger partial charge on any atom is 0.256 e. The summed E-state index contributed by atoms with van der Waals surface area (Å²) in [5.74, 6) is 2.13. The van der Waals surface area contributed by atoms with E-state index in [1.165, 1.54) is 39.3 Å². The Morgan fingerprint density at radius 3 is 2.35 bits per heavy atom. The van der Waals surface area contributed by atoms with Gasteiger partial charge in [-0.3, -0.25) is 4.79 Å². The Morgan fingerprint density at radius 2 is 1.71 bits per heavy atom. The molecule has 1 aliphatic heterocycles. The van der Waals surface area contributed by atoms with Crippen molar-refractivity contribution in [1.82, 2.24) is 0 Å². The molecule has 0 unspecified atom stereocenters. The van der Waals surface area contributed by atoms with Gasteiger partial charge in [0.15, 0.2) is 11.5 Å². The fraction of sp³-hybridized carbons (Fsp3) is 0.393. The number of aryl methyl sites for hydroxylation is 1. The molecule has 34 heavy (non-hydrogen) atoms. The topological polar surface area (TPSA) is 52.0 Å². The van der Waals surface area contributed by atoms with E-state index in [0.29, 0.717) is 5.56 Å². The summed E-state index contributed by atoms with van der Waals surface area (Å²) in [6.45, 7) is 8.86. The second kappa shape index (κ2) is 10.6. The molecule has 0 bridgehead atoms. The lowest BCUT2D eigenvalue weighted by molar-refractivity contribution is -0.931. The van der Waals surface area contributed by atoms with Crippen molar-refractivity contribution >= 4 is 22.2 Å². The third-order valence-electron chi connectivity index (χ3n) is 7.05. The molecular formula is C28H35N2O3S+. The Hall–Kier alpha value is -2.83. The normalized spacial score (nSPS) is 18.9. The monoisotopic (exact) mass is 479 g/mol. The number of anilines is 1. The SMILES string of the molecule is COc1ccc([C@H](c2c(NC(=O)c3ccccc3)sc(C)c2C)[NH+]2CCC(C)CC2)cc1OC. The van der Waals surface area contributed by atoms with Crippen LogP contribution in [0.15, 0.2) is 48.5 Å². The number of hydrogen-bond donors (Lipinski definition) is 2. The minimum Gasteiger partial charge on any atom is -0.493 e. The number of carbonyl (C=O) groups is 1. The lowest BCUT2D eigenvalue weighted by Gasteiger charge is -2.35. The fourth-order valence-corrected chi connectivity index (χ4v) is 6.00. The van der Waals surface area contributed by atoms with Gasteiger partial charge in [-0.15, -0.1) is 11.3 Å². The van der Waals surface area contributed by atoms with Crippen molar-refractivity contribution in [3.05, 3.63) is 75.7 Å². The largest absolute Gasteiger partial charge is 0.493 e. The number of amides is 1. The van der Waals surface area contributed by atoms with Crippen molar-refractivity contribution in [1.29, 1.82) is 0 Å². The molecule has 0 saturated carbocycles. The second-order valence-electron chi connectivity index (χ2n) is 9.23. The van der Waals surface area contributed by atoms with E-state index in [0.717, 1.165) is 35.5 Å². The van der Waals surface area contributed by atoms with Crippen molar-refractivity contribution in [3.63, 3.8) is 0 Å². The van der Waals surface area contributed by atoms with E-state index in [-0.39, 0.29) is 11.9 Å². The zero-order chi connectivity index (χ0) is 24.2. The van der Waals surface area contributed by atoms with Crippen LogP contribution in [-0.4, -0.2) is 33.2 Å². The van der Waals surface area contributed by atoms with Crippen LogP contribution >= 0.6 is 11.3 Å². The number of benzene rings is 2. The maximum atomic E-state index is 13.1. The summed E-state index contributed by atoms with van der Waals surface area (Å²) in [6, 6.07) is 15.8. The third-order valence-corrected chi connectivity index (χ3v) is 8.19. The van der Waals surface area contributed by atoms with Gasteiger partial charge in [-0.1, -0.05) is 25.1 Å². The highest BCUT2D eigenvalue weighted by Gasteiger charge is 2.35. The van der Waals surface area contributed by atoms with Gasteiger partial charge >= 0.3 is 0 Å². The second-order valence-corrected chi connectivity index (χ2v) is 10.5. The Morgan fingerprint density at radius 1 is 1.03 bits per heavy atom. The van der Waals surface area contributed by atoms with Gasteiger partial charge in [-0.05, 0) is 68.5 Å². The summed E-state index contributed by atoms with van der Waals surface area (Å²) in [5.41, 5.74) is 4.31. The van der Waals surface area contributed by atoms with E-state index < -0.39 is 0 Å². The molecule has 3 aromatic rings. The molecule has 2 N–H and O–H groups in total. The van der Waals surface area contributed by atoms with E-state index in [1.807, 2.05) is 36.4 Å². The van der Waals surface area contributed by atoms with Crippen molar-refractivity contribution in [2.45, 2.75) is 39.7 Å². The predicted molar refractivity (Wildman–Crippen MR) is 139 cm³/mol. The van der Waals surface area contributed by atoms with Crippen molar-refractivity contribution in [3.8, 4) is 11.5 Å². The Balaban J connectivity index is 1.79. The number of nitrogens with one attached hydrogen (secondary N) is 2. The highest BCUT2D eigenvalue weighted by Crippen LogP contribution is 2.40. The lowest BCUT2D eigenvalue weighted by atomic mass is 9.90. The minimum atomic E-state index is -0.0728. The third kappa shape index (κ3) is 4.98. The van der Waals surface area contributed by atoms with Crippen molar-refractivity contribution < 1.29 is 19.2 Å². The Labute approximate surface area is 206 Å². The van der Waals surface area contributed by atoms with Crippen LogP contribution in [0.1, 0.15) is 57.7 Å². The van der Waals surface area contributed by atoms with Gasteiger partial charge in [-0.2, -0.15) is 0 Å². The molecule has 1 amide bonds. The van der Waals surface area contributed by atoms with Gasteiger partial charge in [0.1, 0.15) is 11.0 Å². The van der Waals surface area contributed by atoms with Crippen molar-refractivity contribution in [2.24, 2.45) is 5.92 Å². The zero-order valence-corrected chi connectivity index (χ0v) is 21.6. The molecule has 0 spiro atoms. The number of ether oxygens (including phenoxy) is 2. The number of quaternary nitrogens is 1. The molecule has 2 aromatic carbocycles. The van der Waals surface area contributed by atoms with Crippen LogP contribution in [0, 0.1) is 19.8 Å². The molecule has 0 aliphatic carbocycles. The van der Waals surface area contributed by atoms with Crippen molar-refractivity contribution in [2.75, 3.05) is 32.6 Å². The Bertz CT molecular complexity index is 1130. The molecule has 0 radical (unpaired) electrons. The molecule has 5 nitrogen and oxygen atoms in total. The molecule has 4 rings (SSSR count). The van der Waals surface area contributed by atoms with Crippen LogP contribution in [0.3, 0.4) is 0 Å². The lowest BCUT2D eigenvalue weighted by Crippen LogP contribution is -3.13. The number of thiophene rings is 1. The number of carbonyl (C=O) groups excluding carboxylic acids is 1. The average Bonchev–Trinajstić information content (AvgIpc) is 3.13. The number of hydrogen-bond acceptors (Lipinski definition) is 4. The quantitative estimate of drug-likeness (QED) is 0.499. The minimum absolute atomic E-state index is 0.0728. The first-order valence-electron chi connectivity index (χ1n) is 12.0. The molecule has 1 fully saturated rings. The number of piperidine rings is 1. The molecule has 6 heteroatoms. The highest BCUT2D eigenvalue weighted by atomic mass is 32.1. The number of methoxy groups -OCH3 is 2. The van der Waals surface area contributed by atoms with Gasteiger partial charge < -0.3 is 19.7 Å². The molecular weight excluding hydrogens is 444 g/mol. The van der Waals surface area contributed by atoms with Crippen LogP contribution in [0.25, 0.3) is 0 Å². The number of rotatable bonds is 7. The van der Waals surface area contributed by atoms with Gasteiger partial charge in [0.05, 0.1) is 32.9 Å². The first-order chi connectivity index (χ1) is 16.4. The summed E-state index contributed by atoms with van der Waals surface area (Å²) >= 11 is 1.67. The van der Waals surface area contributed by atoms with E-state index in [2.05, 4.69) is 38.2 Å². The number of likely N-dealkylation sites (tertiary alicyclic amines) is 1. The van der Waals surface area contributed by atoms with Gasteiger partial charge in [0.2, 0.25) is 0 Å². The van der Waals surface area contributed by atoms with Crippen LogP contribution in [-0.2, 0) is 0 Å². The smallest absolute Gasteiger partial charge is 0.256 e. The maximum absolute atomic E-state index is 13.1. The van der Waals surface area contributed by atoms with E-state index in [4.69, 9.17) is 9.47 Å². The zero-order valence-electron chi connectivity index (χ0n) is 20.7. The molecule has 2 heterocycles. The first kappa shape index (κ1) is 24.3. The van der Waals surface area contributed by atoms with Gasteiger partial charge in [0.25, 0.3) is 5.91 Å². The molecule has 180 valence electrons. The highest BCUT2D eigenvalue weighted by molar-refractivity contribution is 7.16. The van der Waals surface area contributed by atoms with Crippen LogP contribution < -0.4 is 19.7 Å². The average molecular weight is 480 g/mol. The van der Waals surface area contributed by atoms with Crippen LogP contribution in [0.5, 0.6) is 11.5 Å². The first-order valence-corrected chi connectivity index (χ1v) is 12.8. The summed E-state index contributed by atoms with van der Waals surface area (Å²) in [6.07, 6.45) is 2.40. The van der Waals surface area contributed by atoms with Crippen LogP contribution in [0.2, 0.25) is 0 Å². The summed E-state index contributed by atoms with van der Waals surface area (Å²) in [5, 5.41) is 4.19. The molecule has 1 aromatic heterocycles. The molecule has 1 saturated heterocycles. The summed E-state index contributed by atoms with van der Waals surface area (Å²) < 4.78 is 11.2. The molecule has 1 atom stereocenters. The van der Waals surface area contributed by atoms with E-state index >= 15 is 0 Å². The summed E-state index contributed by atoms with van der Waals surface area (Å²) in [7, 11) is 3.34. The van der Waals surface area contributed by atoms with Crippen LogP contribution in [0.4, 0.5) is 5.00 Å². The predicted octanol–water partition coefficient (Wildman–Crippen LogP) is 5.04. The van der Waals surface area contributed by atoms with E-state index in [9.17, 15) is 4.79 Å². The van der Waals surface area contributed by atoms with E-state index in [1.54, 1.807) is 25.6 Å². The fourth-order valence-electron chi connectivity index (χ4n) is 4.91. The Kier molecular flexibility index (Phi) is 7.59. The van der Waals surface area contributed by atoms with Gasteiger partial charge in [-0.25, -0.2) is 0 Å². The summed E-state index contributed by atoms with van der Waals surface area (Å²) in [4.78, 5) is 15.9.